The molecule has 6 rings (SSSR count). The fraction of sp³-hybridized carbons (Fsp3) is 0.0667. The minimum Gasteiger partial charge on any atom is -0.344 e. The topological polar surface area (TPSA) is 71.5 Å². The molecule has 0 radical (unpaired) electrons. The lowest BCUT2D eigenvalue weighted by Crippen LogP contribution is -2.14. The van der Waals surface area contributed by atoms with E-state index in [9.17, 15) is 4.79 Å². The van der Waals surface area contributed by atoms with Crippen molar-refractivity contribution in [3.63, 3.8) is 0 Å². The van der Waals surface area contributed by atoms with Gasteiger partial charge >= 0.3 is 0 Å². The first-order valence-electron chi connectivity index (χ1n) is 11.6. The third-order valence-corrected chi connectivity index (χ3v) is 6.57. The van der Waals surface area contributed by atoms with Gasteiger partial charge in [-0.3, -0.25) is 9.78 Å². The van der Waals surface area contributed by atoms with Crippen LogP contribution < -0.4 is 5.43 Å². The highest BCUT2D eigenvalue weighted by molar-refractivity contribution is 6.35. The quantitative estimate of drug-likeness (QED) is 0.298. The average molecular weight is 489 g/mol. The summed E-state index contributed by atoms with van der Waals surface area (Å²) in [6.07, 6.45) is 3.97. The Balaban J connectivity index is 1.58. The Morgan fingerprint density at radius 3 is 2.42 bits per heavy atom. The van der Waals surface area contributed by atoms with Gasteiger partial charge in [-0.2, -0.15) is 0 Å². The number of aromatic amines is 1. The van der Waals surface area contributed by atoms with E-state index >= 15 is 0 Å². The van der Waals surface area contributed by atoms with Gasteiger partial charge in [-0.25, -0.2) is 9.97 Å². The van der Waals surface area contributed by atoms with Crippen molar-refractivity contribution in [3.8, 4) is 22.5 Å². The van der Waals surface area contributed by atoms with E-state index in [0.29, 0.717) is 39.6 Å². The van der Waals surface area contributed by atoms with Gasteiger partial charge in [-0.1, -0.05) is 77.8 Å². The molecule has 0 atom stereocenters. The number of hydrogen-bond acceptors (Lipinski definition) is 4. The number of nitrogens with zero attached hydrogens (tertiary/aromatic N) is 3. The Labute approximate surface area is 212 Å². The van der Waals surface area contributed by atoms with E-state index in [2.05, 4.69) is 9.97 Å². The highest BCUT2D eigenvalue weighted by atomic mass is 35.5. The van der Waals surface area contributed by atoms with Crippen molar-refractivity contribution in [1.29, 1.82) is 0 Å². The predicted octanol–water partition coefficient (Wildman–Crippen LogP) is 6.75. The minimum atomic E-state index is -0.133. The highest BCUT2D eigenvalue weighted by Gasteiger charge is 2.18. The molecule has 6 aromatic rings. The van der Waals surface area contributed by atoms with Crippen LogP contribution in [0, 0.1) is 6.92 Å². The normalized spacial score (nSPS) is 11.3. The summed E-state index contributed by atoms with van der Waals surface area (Å²) in [6.45, 7) is 2.04. The van der Waals surface area contributed by atoms with Crippen molar-refractivity contribution in [2.24, 2.45) is 0 Å². The molecule has 1 N–H and O–H groups in total. The molecule has 36 heavy (non-hydrogen) atoms. The van der Waals surface area contributed by atoms with Gasteiger partial charge in [-0.15, -0.1) is 0 Å². The van der Waals surface area contributed by atoms with Crippen LogP contribution >= 0.6 is 11.6 Å². The summed E-state index contributed by atoms with van der Waals surface area (Å²) in [5, 5.41) is 1.41. The number of nitrogens with one attached hydrogen (secondary N) is 1. The summed E-state index contributed by atoms with van der Waals surface area (Å²) < 4.78 is 0. The molecule has 0 aliphatic rings. The SMILES string of the molecule is Cc1ccc(Cc2c[nH]c3nc(-c4ccccc4)c(-c4cc(Cl)c5ncccc5c4)nc3c2=O)cc1. The van der Waals surface area contributed by atoms with E-state index in [-0.39, 0.29) is 5.43 Å². The molecule has 174 valence electrons. The molecular weight excluding hydrogens is 468 g/mol. The zero-order chi connectivity index (χ0) is 24.6. The van der Waals surface area contributed by atoms with Crippen LogP contribution in [0.2, 0.25) is 5.02 Å². The molecule has 0 fully saturated rings. The molecule has 0 bridgehead atoms. The lowest BCUT2D eigenvalue weighted by molar-refractivity contribution is 1.11. The van der Waals surface area contributed by atoms with E-state index in [1.54, 1.807) is 12.4 Å². The largest absolute Gasteiger partial charge is 0.344 e. The van der Waals surface area contributed by atoms with E-state index < -0.39 is 0 Å². The van der Waals surface area contributed by atoms with Gasteiger partial charge in [0.05, 0.1) is 21.9 Å². The maximum absolute atomic E-state index is 13.6. The van der Waals surface area contributed by atoms with Crippen LogP contribution in [-0.4, -0.2) is 19.9 Å². The second-order valence-electron chi connectivity index (χ2n) is 8.82. The molecule has 3 aromatic heterocycles. The van der Waals surface area contributed by atoms with Crippen molar-refractivity contribution < 1.29 is 0 Å². The second kappa shape index (κ2) is 9.02. The fourth-order valence-corrected chi connectivity index (χ4v) is 4.68. The fourth-order valence-electron chi connectivity index (χ4n) is 4.41. The van der Waals surface area contributed by atoms with Gasteiger partial charge in [-0.05, 0) is 30.7 Å². The number of fused-ring (bicyclic) bond motifs is 2. The lowest BCUT2D eigenvalue weighted by atomic mass is 10.0. The van der Waals surface area contributed by atoms with Gasteiger partial charge in [0.1, 0.15) is 0 Å². The number of hydrogen-bond donors (Lipinski definition) is 1. The molecule has 0 unspecified atom stereocenters. The van der Waals surface area contributed by atoms with Crippen LogP contribution in [0.3, 0.4) is 0 Å². The zero-order valence-electron chi connectivity index (χ0n) is 19.5. The Kier molecular flexibility index (Phi) is 5.55. The summed E-state index contributed by atoms with van der Waals surface area (Å²) in [7, 11) is 0. The van der Waals surface area contributed by atoms with E-state index in [0.717, 1.165) is 27.6 Å². The number of aryl methyl sites for hydroxylation is 1. The third kappa shape index (κ3) is 4.04. The molecule has 0 aliphatic heterocycles. The van der Waals surface area contributed by atoms with Gasteiger partial charge in [0.25, 0.3) is 0 Å². The average Bonchev–Trinajstić information content (AvgIpc) is 2.91. The van der Waals surface area contributed by atoms with Crippen molar-refractivity contribution in [3.05, 3.63) is 123 Å². The summed E-state index contributed by atoms with van der Waals surface area (Å²) in [5.41, 5.74) is 7.16. The standard InChI is InChI=1S/C30H21ClN4O/c1-18-9-11-19(12-10-18)14-23-17-33-30-28(29(23)36)34-27(26(35-30)20-6-3-2-4-7-20)22-15-21-8-5-13-32-25(21)24(31)16-22/h2-13,15-17H,14H2,1H3,(H,33,35,36). The number of benzene rings is 3. The molecule has 5 nitrogen and oxygen atoms in total. The van der Waals surface area contributed by atoms with Gasteiger partial charge in [0.15, 0.2) is 11.2 Å². The molecule has 6 heteroatoms. The second-order valence-corrected chi connectivity index (χ2v) is 9.23. The molecule has 0 amide bonds. The summed E-state index contributed by atoms with van der Waals surface area (Å²) in [6, 6.07) is 25.7. The lowest BCUT2D eigenvalue weighted by Gasteiger charge is -2.12. The van der Waals surface area contributed by atoms with Crippen molar-refractivity contribution in [1.82, 2.24) is 19.9 Å². The Morgan fingerprint density at radius 1 is 0.833 bits per heavy atom. The number of H-pyrrole nitrogens is 1. The summed E-state index contributed by atoms with van der Waals surface area (Å²) in [5.74, 6) is 0. The van der Waals surface area contributed by atoms with Crippen molar-refractivity contribution in [2.75, 3.05) is 0 Å². The molecular formula is C30H21ClN4O. The molecule has 0 saturated heterocycles. The third-order valence-electron chi connectivity index (χ3n) is 6.28. The van der Waals surface area contributed by atoms with E-state index in [1.807, 2.05) is 85.8 Å². The van der Waals surface area contributed by atoms with Gasteiger partial charge < -0.3 is 4.98 Å². The maximum Gasteiger partial charge on any atom is 0.212 e. The smallest absolute Gasteiger partial charge is 0.212 e. The minimum absolute atomic E-state index is 0.133. The highest BCUT2D eigenvalue weighted by Crippen LogP contribution is 2.34. The van der Waals surface area contributed by atoms with Crippen molar-refractivity contribution in [2.45, 2.75) is 13.3 Å². The summed E-state index contributed by atoms with van der Waals surface area (Å²) >= 11 is 6.61. The van der Waals surface area contributed by atoms with E-state index in [4.69, 9.17) is 21.6 Å². The van der Waals surface area contributed by atoms with Crippen LogP contribution in [0.5, 0.6) is 0 Å². The van der Waals surface area contributed by atoms with Gasteiger partial charge in [0.2, 0.25) is 5.43 Å². The Bertz CT molecular complexity index is 1800. The number of halogens is 1. The van der Waals surface area contributed by atoms with Crippen LogP contribution in [-0.2, 0) is 6.42 Å². The predicted molar refractivity (Wildman–Crippen MR) is 145 cm³/mol. The van der Waals surface area contributed by atoms with Crippen LogP contribution in [0.1, 0.15) is 16.7 Å². The molecule has 0 spiro atoms. The Morgan fingerprint density at radius 2 is 1.61 bits per heavy atom. The first-order chi connectivity index (χ1) is 17.6. The first-order valence-corrected chi connectivity index (χ1v) is 12.0. The van der Waals surface area contributed by atoms with E-state index in [1.165, 1.54) is 5.56 Å². The number of rotatable bonds is 4. The Hall–Kier alpha value is -4.35. The van der Waals surface area contributed by atoms with Gasteiger partial charge in [0, 0.05) is 40.9 Å². The molecule has 3 aromatic carbocycles. The van der Waals surface area contributed by atoms with Crippen LogP contribution in [0.15, 0.2) is 96.1 Å². The molecule has 0 aliphatic carbocycles. The van der Waals surface area contributed by atoms with Crippen LogP contribution in [0.4, 0.5) is 0 Å². The van der Waals surface area contributed by atoms with Crippen molar-refractivity contribution >= 4 is 33.7 Å². The molecule has 0 saturated carbocycles. The maximum atomic E-state index is 13.6. The monoisotopic (exact) mass is 488 g/mol. The zero-order valence-corrected chi connectivity index (χ0v) is 20.3. The molecule has 3 heterocycles. The number of pyridine rings is 2. The summed E-state index contributed by atoms with van der Waals surface area (Å²) in [4.78, 5) is 30.9. The number of aromatic nitrogens is 4. The van der Waals surface area contributed by atoms with Crippen LogP contribution in [0.25, 0.3) is 44.6 Å². The first kappa shape index (κ1) is 22.1.